The lowest BCUT2D eigenvalue weighted by molar-refractivity contribution is 0.110. The van der Waals surface area contributed by atoms with E-state index in [2.05, 4.69) is 20.1 Å². The number of rotatable bonds is 6. The van der Waals surface area contributed by atoms with Crippen LogP contribution in [0.2, 0.25) is 0 Å². The normalized spacial score (nSPS) is 15.3. The Balaban J connectivity index is 1.78. The van der Waals surface area contributed by atoms with E-state index in [1.165, 1.54) is 14.2 Å². The highest BCUT2D eigenvalue weighted by atomic mass is 32.2. The van der Waals surface area contributed by atoms with Crippen LogP contribution < -0.4 is 15.4 Å². The van der Waals surface area contributed by atoms with Crippen molar-refractivity contribution in [3.05, 3.63) is 35.4 Å². The standard InChI is InChI=1S/C17H26N4O5S/c1-18-27(24,25)12-14-5-3-4-13(10-14)11-19-16(22)20-15-6-8-21(9-7-15)17(23)26-2/h3-5,10,15,18H,6-9,11-12H2,1-2H3,(H2,19,20,22). The molecule has 1 heterocycles. The first kappa shape index (κ1) is 21.0. The third-order valence-corrected chi connectivity index (χ3v) is 5.71. The highest BCUT2D eigenvalue weighted by Gasteiger charge is 2.24. The molecular weight excluding hydrogens is 372 g/mol. The first-order valence-electron chi connectivity index (χ1n) is 8.69. The molecule has 0 unspecified atom stereocenters. The van der Waals surface area contributed by atoms with Crippen molar-refractivity contribution in [3.63, 3.8) is 0 Å². The van der Waals surface area contributed by atoms with Gasteiger partial charge in [0.2, 0.25) is 10.0 Å². The van der Waals surface area contributed by atoms with Crippen LogP contribution in [0, 0.1) is 0 Å². The summed E-state index contributed by atoms with van der Waals surface area (Å²) in [5.41, 5.74) is 1.47. The van der Waals surface area contributed by atoms with Crippen molar-refractivity contribution in [2.45, 2.75) is 31.2 Å². The molecule has 2 rings (SSSR count). The Hall–Kier alpha value is -2.33. The molecule has 150 valence electrons. The average molecular weight is 398 g/mol. The Labute approximate surface area is 159 Å². The number of carbonyl (C=O) groups excluding carboxylic acids is 2. The Morgan fingerprint density at radius 2 is 1.89 bits per heavy atom. The number of urea groups is 1. The molecule has 0 bridgehead atoms. The van der Waals surface area contributed by atoms with Gasteiger partial charge in [0.1, 0.15) is 0 Å². The highest BCUT2D eigenvalue weighted by Crippen LogP contribution is 2.11. The highest BCUT2D eigenvalue weighted by molar-refractivity contribution is 7.88. The monoisotopic (exact) mass is 398 g/mol. The Kier molecular flexibility index (Phi) is 7.43. The molecule has 0 saturated carbocycles. The van der Waals surface area contributed by atoms with Crippen LogP contribution in [0.4, 0.5) is 9.59 Å². The number of hydrogen-bond donors (Lipinski definition) is 3. The Morgan fingerprint density at radius 3 is 2.52 bits per heavy atom. The average Bonchev–Trinajstić information content (AvgIpc) is 2.66. The number of sulfonamides is 1. The van der Waals surface area contributed by atoms with Gasteiger partial charge in [-0.2, -0.15) is 0 Å². The lowest BCUT2D eigenvalue weighted by Gasteiger charge is -2.31. The smallest absolute Gasteiger partial charge is 0.409 e. The lowest BCUT2D eigenvalue weighted by atomic mass is 10.1. The van der Waals surface area contributed by atoms with Crippen molar-refractivity contribution in [1.29, 1.82) is 0 Å². The molecule has 0 aromatic heterocycles. The van der Waals surface area contributed by atoms with Gasteiger partial charge in [0.15, 0.2) is 0 Å². The van der Waals surface area contributed by atoms with Gasteiger partial charge < -0.3 is 20.3 Å². The summed E-state index contributed by atoms with van der Waals surface area (Å²) in [4.78, 5) is 25.1. The summed E-state index contributed by atoms with van der Waals surface area (Å²) in [5.74, 6) is -0.109. The van der Waals surface area contributed by atoms with Crippen molar-refractivity contribution in [1.82, 2.24) is 20.3 Å². The van der Waals surface area contributed by atoms with E-state index in [1.54, 1.807) is 23.1 Å². The van der Waals surface area contributed by atoms with E-state index in [0.29, 0.717) is 38.0 Å². The summed E-state index contributed by atoms with van der Waals surface area (Å²) < 4.78 is 30.2. The van der Waals surface area contributed by atoms with Gasteiger partial charge >= 0.3 is 12.1 Å². The fourth-order valence-electron chi connectivity index (χ4n) is 2.88. The van der Waals surface area contributed by atoms with Crippen molar-refractivity contribution in [3.8, 4) is 0 Å². The molecule has 27 heavy (non-hydrogen) atoms. The summed E-state index contributed by atoms with van der Waals surface area (Å²) in [6.07, 6.45) is 0.984. The van der Waals surface area contributed by atoms with Crippen molar-refractivity contribution < 1.29 is 22.7 Å². The number of piperidine rings is 1. The SMILES string of the molecule is CNS(=O)(=O)Cc1cccc(CNC(=O)NC2CCN(C(=O)OC)CC2)c1. The molecule has 0 spiro atoms. The number of amides is 3. The van der Waals surface area contributed by atoms with E-state index in [0.717, 1.165) is 5.56 Å². The molecule has 1 aliphatic rings. The zero-order valence-electron chi connectivity index (χ0n) is 15.5. The predicted molar refractivity (Wildman–Crippen MR) is 100 cm³/mol. The van der Waals surface area contributed by atoms with Crippen LogP contribution in [0.25, 0.3) is 0 Å². The minimum atomic E-state index is -3.34. The van der Waals surface area contributed by atoms with Crippen LogP contribution in [0.15, 0.2) is 24.3 Å². The third kappa shape index (κ3) is 6.72. The number of carbonyl (C=O) groups is 2. The van der Waals surface area contributed by atoms with Gasteiger partial charge in [-0.3, -0.25) is 0 Å². The van der Waals surface area contributed by atoms with Crippen molar-refractivity contribution >= 4 is 22.1 Å². The van der Waals surface area contributed by atoms with Crippen LogP contribution in [0.5, 0.6) is 0 Å². The number of benzene rings is 1. The van der Waals surface area contributed by atoms with Gasteiger partial charge in [-0.1, -0.05) is 24.3 Å². The predicted octanol–water partition coefficient (Wildman–Crippen LogP) is 0.766. The fraction of sp³-hybridized carbons (Fsp3) is 0.529. The van der Waals surface area contributed by atoms with E-state index in [9.17, 15) is 18.0 Å². The topological polar surface area (TPSA) is 117 Å². The first-order valence-corrected chi connectivity index (χ1v) is 10.3. The van der Waals surface area contributed by atoms with Gasteiger partial charge in [0.05, 0.1) is 12.9 Å². The third-order valence-electron chi connectivity index (χ3n) is 4.38. The molecule has 1 aromatic carbocycles. The fourth-order valence-corrected chi connectivity index (χ4v) is 3.64. The second-order valence-corrected chi connectivity index (χ2v) is 8.27. The van der Waals surface area contributed by atoms with Gasteiger partial charge in [-0.15, -0.1) is 0 Å². The summed E-state index contributed by atoms with van der Waals surface area (Å²) >= 11 is 0. The van der Waals surface area contributed by atoms with Crippen LogP contribution in [0.1, 0.15) is 24.0 Å². The first-order chi connectivity index (χ1) is 12.8. The van der Waals surface area contributed by atoms with Crippen LogP contribution >= 0.6 is 0 Å². The zero-order chi connectivity index (χ0) is 19.9. The van der Waals surface area contributed by atoms with Gasteiger partial charge in [-0.05, 0) is 31.0 Å². The molecule has 1 aliphatic heterocycles. The lowest BCUT2D eigenvalue weighted by Crippen LogP contribution is -2.49. The second kappa shape index (κ2) is 9.56. The van der Waals surface area contributed by atoms with Gasteiger partial charge in [-0.25, -0.2) is 22.7 Å². The van der Waals surface area contributed by atoms with Crippen LogP contribution in [0.3, 0.4) is 0 Å². The number of ether oxygens (including phenoxy) is 1. The van der Waals surface area contributed by atoms with Crippen molar-refractivity contribution in [2.24, 2.45) is 0 Å². The molecule has 1 fully saturated rings. The van der Waals surface area contributed by atoms with E-state index < -0.39 is 10.0 Å². The van der Waals surface area contributed by atoms with Gasteiger partial charge in [0, 0.05) is 25.7 Å². The van der Waals surface area contributed by atoms with E-state index in [4.69, 9.17) is 0 Å². The van der Waals surface area contributed by atoms with E-state index in [1.807, 2.05) is 6.07 Å². The maximum atomic E-state index is 12.1. The number of nitrogens with one attached hydrogen (secondary N) is 3. The number of likely N-dealkylation sites (tertiary alicyclic amines) is 1. The van der Waals surface area contributed by atoms with Crippen LogP contribution in [-0.2, 0) is 27.1 Å². The minimum absolute atomic E-state index is 0.00184. The summed E-state index contributed by atoms with van der Waals surface area (Å²) in [7, 11) is -0.613. The molecule has 10 heteroatoms. The summed E-state index contributed by atoms with van der Waals surface area (Å²) in [6, 6.07) is 6.78. The van der Waals surface area contributed by atoms with E-state index in [-0.39, 0.29) is 23.9 Å². The minimum Gasteiger partial charge on any atom is -0.453 e. The van der Waals surface area contributed by atoms with Gasteiger partial charge in [0.25, 0.3) is 0 Å². The number of methoxy groups -OCH3 is 1. The summed E-state index contributed by atoms with van der Waals surface area (Å²) in [5, 5.41) is 5.67. The molecule has 9 nitrogen and oxygen atoms in total. The molecule has 0 atom stereocenters. The molecule has 1 aromatic rings. The Morgan fingerprint density at radius 1 is 1.22 bits per heavy atom. The molecule has 1 saturated heterocycles. The zero-order valence-corrected chi connectivity index (χ0v) is 16.3. The molecule has 3 N–H and O–H groups in total. The maximum absolute atomic E-state index is 12.1. The quantitative estimate of drug-likeness (QED) is 0.654. The largest absolute Gasteiger partial charge is 0.453 e. The Bertz CT molecular complexity index is 760. The second-order valence-electron chi connectivity index (χ2n) is 6.34. The molecule has 3 amide bonds. The molecule has 0 radical (unpaired) electrons. The number of hydrogen-bond acceptors (Lipinski definition) is 5. The summed E-state index contributed by atoms with van der Waals surface area (Å²) in [6.45, 7) is 1.37. The van der Waals surface area contributed by atoms with Crippen LogP contribution in [-0.4, -0.2) is 58.7 Å². The van der Waals surface area contributed by atoms with E-state index >= 15 is 0 Å². The van der Waals surface area contributed by atoms with Crippen molar-refractivity contribution in [2.75, 3.05) is 27.2 Å². The molecular formula is C17H26N4O5S. The maximum Gasteiger partial charge on any atom is 0.409 e. The molecule has 0 aliphatic carbocycles. The number of nitrogens with zero attached hydrogens (tertiary/aromatic N) is 1.